The van der Waals surface area contributed by atoms with Gasteiger partial charge in [0.05, 0.1) is 5.41 Å². The average molecular weight is 340 g/mol. The van der Waals surface area contributed by atoms with Gasteiger partial charge < -0.3 is 0 Å². The van der Waals surface area contributed by atoms with Crippen molar-refractivity contribution in [3.8, 4) is 0 Å². The molecule has 0 heterocycles. The van der Waals surface area contributed by atoms with E-state index in [4.69, 9.17) is 11.6 Å². The maximum Gasteiger partial charge on any atom is 0.255 e. The molecule has 0 fully saturated rings. The van der Waals surface area contributed by atoms with Crippen LogP contribution >= 0.6 is 23.4 Å². The van der Waals surface area contributed by atoms with E-state index >= 15 is 0 Å². The predicted molar refractivity (Wildman–Crippen MR) is 91.3 cm³/mol. The molecule has 2 rings (SSSR count). The number of thioether (sulfide) groups is 1. The van der Waals surface area contributed by atoms with Gasteiger partial charge >= 0.3 is 0 Å². The summed E-state index contributed by atoms with van der Waals surface area (Å²) in [6.07, 6.45) is 3.46. The van der Waals surface area contributed by atoms with Gasteiger partial charge in [-0.2, -0.15) is 0 Å². The molecule has 0 radical (unpaired) electrons. The third-order valence-corrected chi connectivity index (χ3v) is 4.63. The summed E-state index contributed by atoms with van der Waals surface area (Å²) < 4.78 is 26.5. The van der Waals surface area contributed by atoms with Crippen molar-refractivity contribution in [1.82, 2.24) is 0 Å². The Labute approximate surface area is 134 Å². The molecule has 0 spiro atoms. The number of halogens is 1. The first-order chi connectivity index (χ1) is 9.98. The molecule has 2 aromatic rings. The van der Waals surface area contributed by atoms with Gasteiger partial charge in [-0.15, -0.1) is 11.8 Å². The number of benzene rings is 2. The van der Waals surface area contributed by atoms with E-state index in [1.54, 1.807) is 48.2 Å². The lowest BCUT2D eigenvalue weighted by molar-refractivity contribution is 0.609. The number of nitrogens with one attached hydrogen (secondary N) is 1. The molecule has 0 bridgehead atoms. The summed E-state index contributed by atoms with van der Waals surface area (Å²) >= 11 is 7.34. The van der Waals surface area contributed by atoms with Gasteiger partial charge in [0.2, 0.25) is 0 Å². The van der Waals surface area contributed by atoms with Crippen LogP contribution in [0.4, 0.5) is 5.69 Å². The third kappa shape index (κ3) is 5.12. The summed E-state index contributed by atoms with van der Waals surface area (Å²) in [5, 5.41) is 1.75. The van der Waals surface area contributed by atoms with Gasteiger partial charge in [0.15, 0.2) is 0 Å². The zero-order valence-electron chi connectivity index (χ0n) is 11.3. The van der Waals surface area contributed by atoms with Gasteiger partial charge in [0.1, 0.15) is 0 Å². The molecular formula is C15H14ClNO2S2. The van der Waals surface area contributed by atoms with E-state index in [0.717, 1.165) is 15.9 Å². The zero-order chi connectivity index (χ0) is 15.3. The minimum absolute atomic E-state index is 0.544. The minimum atomic E-state index is -3.54. The largest absolute Gasteiger partial charge is 0.280 e. The first kappa shape index (κ1) is 15.9. The van der Waals surface area contributed by atoms with Crippen molar-refractivity contribution in [2.24, 2.45) is 0 Å². The molecule has 2 aromatic carbocycles. The Hall–Kier alpha value is -1.43. The van der Waals surface area contributed by atoms with Crippen molar-refractivity contribution in [1.29, 1.82) is 0 Å². The van der Waals surface area contributed by atoms with Gasteiger partial charge in [-0.25, -0.2) is 8.42 Å². The highest BCUT2D eigenvalue weighted by Gasteiger charge is 2.06. The van der Waals surface area contributed by atoms with Gasteiger partial charge in [0.25, 0.3) is 10.0 Å². The third-order valence-electron chi connectivity index (χ3n) is 2.64. The molecule has 0 aliphatic carbocycles. The van der Waals surface area contributed by atoms with Crippen LogP contribution in [0.15, 0.2) is 58.8 Å². The van der Waals surface area contributed by atoms with Gasteiger partial charge in [-0.1, -0.05) is 29.8 Å². The van der Waals surface area contributed by atoms with Crippen LogP contribution < -0.4 is 4.72 Å². The van der Waals surface area contributed by atoms with Crippen LogP contribution in [0.3, 0.4) is 0 Å². The number of rotatable bonds is 5. The monoisotopic (exact) mass is 339 g/mol. The summed E-state index contributed by atoms with van der Waals surface area (Å²) in [5.74, 6) is 0. The molecule has 0 unspecified atom stereocenters. The van der Waals surface area contributed by atoms with Gasteiger partial charge in [-0.3, -0.25) is 4.72 Å². The lowest BCUT2D eigenvalue weighted by Gasteiger charge is -2.05. The molecule has 0 atom stereocenters. The maximum absolute atomic E-state index is 12.0. The van der Waals surface area contributed by atoms with Crippen molar-refractivity contribution in [3.63, 3.8) is 0 Å². The molecule has 3 nitrogen and oxygen atoms in total. The van der Waals surface area contributed by atoms with Crippen LogP contribution in [0.1, 0.15) is 5.56 Å². The average Bonchev–Trinajstić information content (AvgIpc) is 2.46. The second kappa shape index (κ2) is 7.02. The summed E-state index contributed by atoms with van der Waals surface area (Å²) in [4.78, 5) is 0.997. The van der Waals surface area contributed by atoms with E-state index in [-0.39, 0.29) is 0 Å². The van der Waals surface area contributed by atoms with E-state index in [9.17, 15) is 8.42 Å². The molecule has 0 aliphatic rings. The summed E-state index contributed by atoms with van der Waals surface area (Å²) in [7, 11) is -3.54. The van der Waals surface area contributed by atoms with Crippen molar-refractivity contribution < 1.29 is 8.42 Å². The highest BCUT2D eigenvalue weighted by molar-refractivity contribution is 7.98. The SMILES string of the molecule is CSc1cccc(NS(=O)(=O)/C=C/c2ccc(Cl)cc2)c1. The van der Waals surface area contributed by atoms with Crippen LogP contribution in [0, 0.1) is 0 Å². The topological polar surface area (TPSA) is 46.2 Å². The number of anilines is 1. The molecule has 0 saturated carbocycles. The minimum Gasteiger partial charge on any atom is -0.280 e. The molecule has 0 aliphatic heterocycles. The molecule has 6 heteroatoms. The Morgan fingerprint density at radius 3 is 2.52 bits per heavy atom. The van der Waals surface area contributed by atoms with E-state index < -0.39 is 10.0 Å². The second-order valence-corrected chi connectivity index (χ2v) is 7.12. The molecule has 0 aromatic heterocycles. The smallest absolute Gasteiger partial charge is 0.255 e. The fourth-order valence-corrected chi connectivity index (χ4v) is 3.07. The number of hydrogen-bond acceptors (Lipinski definition) is 3. The van der Waals surface area contributed by atoms with E-state index in [1.807, 2.05) is 18.4 Å². The normalized spacial score (nSPS) is 11.7. The Bertz CT molecular complexity index is 741. The fraction of sp³-hybridized carbons (Fsp3) is 0.0667. The Balaban J connectivity index is 2.12. The first-order valence-electron chi connectivity index (χ1n) is 6.09. The van der Waals surface area contributed by atoms with Gasteiger partial charge in [0, 0.05) is 15.6 Å². The highest BCUT2D eigenvalue weighted by atomic mass is 35.5. The second-order valence-electron chi connectivity index (χ2n) is 4.23. The lowest BCUT2D eigenvalue weighted by Crippen LogP contribution is -2.08. The predicted octanol–water partition coefficient (Wildman–Crippen LogP) is 4.47. The van der Waals surface area contributed by atoms with E-state index in [1.165, 1.54) is 6.08 Å². The van der Waals surface area contributed by atoms with Crippen LogP contribution in [0.2, 0.25) is 5.02 Å². The van der Waals surface area contributed by atoms with Crippen LogP contribution in [0.25, 0.3) is 6.08 Å². The molecule has 110 valence electrons. The molecule has 21 heavy (non-hydrogen) atoms. The highest BCUT2D eigenvalue weighted by Crippen LogP contribution is 2.20. The van der Waals surface area contributed by atoms with Crippen LogP contribution in [-0.4, -0.2) is 14.7 Å². The van der Waals surface area contributed by atoms with E-state index in [0.29, 0.717) is 10.7 Å². The Kier molecular flexibility index (Phi) is 5.33. The van der Waals surface area contributed by atoms with Crippen LogP contribution in [0.5, 0.6) is 0 Å². The van der Waals surface area contributed by atoms with Crippen molar-refractivity contribution in [2.45, 2.75) is 4.90 Å². The number of sulfonamides is 1. The summed E-state index contributed by atoms with van der Waals surface area (Å²) in [6, 6.07) is 14.2. The van der Waals surface area contributed by atoms with E-state index in [2.05, 4.69) is 4.72 Å². The summed E-state index contributed by atoms with van der Waals surface area (Å²) in [5.41, 5.74) is 1.31. The molecular weight excluding hydrogens is 326 g/mol. The Morgan fingerprint density at radius 1 is 1.14 bits per heavy atom. The summed E-state index contributed by atoms with van der Waals surface area (Å²) in [6.45, 7) is 0. The van der Waals surface area contributed by atoms with Crippen molar-refractivity contribution >= 4 is 45.1 Å². The Morgan fingerprint density at radius 2 is 1.86 bits per heavy atom. The maximum atomic E-state index is 12.0. The van der Waals surface area contributed by atoms with Crippen LogP contribution in [-0.2, 0) is 10.0 Å². The molecule has 1 N–H and O–H groups in total. The van der Waals surface area contributed by atoms with Crippen molar-refractivity contribution in [3.05, 3.63) is 64.5 Å². The van der Waals surface area contributed by atoms with Crippen molar-refractivity contribution in [2.75, 3.05) is 11.0 Å². The number of hydrogen-bond donors (Lipinski definition) is 1. The quantitative estimate of drug-likeness (QED) is 0.817. The van der Waals surface area contributed by atoms with Gasteiger partial charge in [-0.05, 0) is 48.2 Å². The molecule has 0 saturated heterocycles. The lowest BCUT2D eigenvalue weighted by atomic mass is 10.2. The molecule has 0 amide bonds. The first-order valence-corrected chi connectivity index (χ1v) is 9.24. The fourth-order valence-electron chi connectivity index (χ4n) is 1.63. The standard InChI is InChI=1S/C15H14ClNO2S2/c1-20-15-4-2-3-14(11-15)17-21(18,19)10-9-12-5-7-13(16)8-6-12/h2-11,17H,1H3/b10-9+. The zero-order valence-corrected chi connectivity index (χ0v) is 13.7.